The number of nitrogens with one attached hydrogen (secondary N) is 1. The Kier molecular flexibility index (Phi) is 8.26. The van der Waals surface area contributed by atoms with Crippen LogP contribution in [0, 0.1) is 5.92 Å². The number of likely N-dealkylation sites (N-methyl/N-ethyl adjacent to an activating group) is 2. The summed E-state index contributed by atoms with van der Waals surface area (Å²) in [5, 5.41) is 2.59. The minimum atomic E-state index is -0.148. The van der Waals surface area contributed by atoms with Crippen molar-refractivity contribution in [1.29, 1.82) is 0 Å². The zero-order chi connectivity index (χ0) is 15.0. The Morgan fingerprint density at radius 1 is 1.37 bits per heavy atom. The zero-order valence-corrected chi connectivity index (χ0v) is 12.9. The molecule has 0 aliphatic heterocycles. The topological polar surface area (TPSA) is 78.7 Å². The van der Waals surface area contributed by atoms with Crippen LogP contribution in [-0.4, -0.2) is 67.4 Å². The average Bonchev–Trinajstić information content (AvgIpc) is 2.34. The van der Waals surface area contributed by atoms with Gasteiger partial charge in [-0.2, -0.15) is 0 Å². The van der Waals surface area contributed by atoms with Crippen molar-refractivity contribution in [2.45, 2.75) is 13.3 Å². The van der Waals surface area contributed by atoms with Crippen molar-refractivity contribution in [1.82, 2.24) is 15.1 Å². The minimum absolute atomic E-state index is 0.0112. The van der Waals surface area contributed by atoms with Crippen LogP contribution in [0.15, 0.2) is 0 Å². The van der Waals surface area contributed by atoms with Crippen molar-refractivity contribution in [2.24, 2.45) is 11.7 Å². The van der Waals surface area contributed by atoms with Crippen LogP contribution in [0.2, 0.25) is 0 Å². The van der Waals surface area contributed by atoms with Gasteiger partial charge in [-0.15, -0.1) is 0 Å². The Labute approximate surface area is 120 Å². The van der Waals surface area contributed by atoms with Gasteiger partial charge in [0.05, 0.1) is 11.5 Å². The van der Waals surface area contributed by atoms with E-state index in [0.29, 0.717) is 24.5 Å². The third-order valence-electron chi connectivity index (χ3n) is 2.80. The molecule has 7 heteroatoms. The van der Waals surface area contributed by atoms with Crippen LogP contribution in [0.5, 0.6) is 0 Å². The number of hydrogen-bond acceptors (Lipinski definition) is 4. The first kappa shape index (κ1) is 17.8. The molecule has 0 aromatic rings. The summed E-state index contributed by atoms with van der Waals surface area (Å²) in [4.78, 5) is 27.1. The highest BCUT2D eigenvalue weighted by atomic mass is 32.1. The van der Waals surface area contributed by atoms with Crippen LogP contribution in [0.3, 0.4) is 0 Å². The number of rotatable bonds is 8. The van der Waals surface area contributed by atoms with Crippen molar-refractivity contribution in [3.05, 3.63) is 0 Å². The first-order valence-electron chi connectivity index (χ1n) is 6.20. The molecule has 0 spiro atoms. The van der Waals surface area contributed by atoms with Gasteiger partial charge in [0.25, 0.3) is 0 Å². The van der Waals surface area contributed by atoms with Crippen LogP contribution in [0.4, 0.5) is 0 Å². The van der Waals surface area contributed by atoms with E-state index in [9.17, 15) is 9.59 Å². The Morgan fingerprint density at radius 2 is 1.95 bits per heavy atom. The van der Waals surface area contributed by atoms with E-state index in [1.165, 1.54) is 0 Å². The molecule has 2 amide bonds. The van der Waals surface area contributed by atoms with E-state index in [1.54, 1.807) is 19.0 Å². The van der Waals surface area contributed by atoms with Gasteiger partial charge in [-0.3, -0.25) is 14.5 Å². The predicted octanol–water partition coefficient (Wildman–Crippen LogP) is -0.565. The Balaban J connectivity index is 4.10. The first-order chi connectivity index (χ1) is 8.77. The minimum Gasteiger partial charge on any atom is -0.393 e. The number of nitrogens with zero attached hydrogens (tertiary/aromatic N) is 2. The van der Waals surface area contributed by atoms with Crippen molar-refractivity contribution in [3.8, 4) is 0 Å². The second kappa shape index (κ2) is 8.82. The first-order valence-corrected chi connectivity index (χ1v) is 6.61. The van der Waals surface area contributed by atoms with E-state index in [-0.39, 0.29) is 24.3 Å². The summed E-state index contributed by atoms with van der Waals surface area (Å²) in [6.45, 7) is 3.16. The summed E-state index contributed by atoms with van der Waals surface area (Å²) in [5.74, 6) is -0.186. The second-order valence-electron chi connectivity index (χ2n) is 4.74. The summed E-state index contributed by atoms with van der Waals surface area (Å²) in [7, 11) is 5.14. The van der Waals surface area contributed by atoms with Gasteiger partial charge in [-0.1, -0.05) is 19.1 Å². The quantitative estimate of drug-likeness (QED) is 0.585. The largest absolute Gasteiger partial charge is 0.393 e. The van der Waals surface area contributed by atoms with Gasteiger partial charge in [0.1, 0.15) is 0 Å². The fourth-order valence-corrected chi connectivity index (χ4v) is 1.71. The highest BCUT2D eigenvalue weighted by molar-refractivity contribution is 7.80. The van der Waals surface area contributed by atoms with Gasteiger partial charge in [-0.25, -0.2) is 0 Å². The lowest BCUT2D eigenvalue weighted by atomic mass is 10.1. The SMILES string of the molecule is CNC(=O)C(C)CN(C)CC(=O)N(C)CCC(N)=S. The maximum absolute atomic E-state index is 11.9. The van der Waals surface area contributed by atoms with Crippen LogP contribution in [0.1, 0.15) is 13.3 Å². The van der Waals surface area contributed by atoms with Crippen LogP contribution >= 0.6 is 12.2 Å². The van der Waals surface area contributed by atoms with Gasteiger partial charge < -0.3 is 16.0 Å². The summed E-state index contributed by atoms with van der Waals surface area (Å²) < 4.78 is 0. The molecule has 0 aromatic heterocycles. The molecule has 3 N–H and O–H groups in total. The van der Waals surface area contributed by atoms with E-state index in [1.807, 2.05) is 18.9 Å². The number of hydrogen-bond donors (Lipinski definition) is 2. The molecule has 0 aliphatic carbocycles. The highest BCUT2D eigenvalue weighted by Gasteiger charge is 2.17. The normalized spacial score (nSPS) is 12.1. The van der Waals surface area contributed by atoms with Crippen molar-refractivity contribution in [2.75, 3.05) is 40.8 Å². The van der Waals surface area contributed by atoms with E-state index in [4.69, 9.17) is 18.0 Å². The lowest BCUT2D eigenvalue weighted by Crippen LogP contribution is -2.41. The Hall–Kier alpha value is -1.21. The maximum atomic E-state index is 11.9. The third-order valence-corrected chi connectivity index (χ3v) is 3.01. The van der Waals surface area contributed by atoms with Gasteiger partial charge in [0, 0.05) is 39.5 Å². The molecule has 1 atom stereocenters. The highest BCUT2D eigenvalue weighted by Crippen LogP contribution is 1.99. The fraction of sp³-hybridized carbons (Fsp3) is 0.750. The van der Waals surface area contributed by atoms with E-state index in [2.05, 4.69) is 5.32 Å². The standard InChI is InChI=1S/C12H24N4O2S/c1-9(12(18)14-2)7-15(3)8-11(17)16(4)6-5-10(13)19/h9H,5-8H2,1-4H3,(H2,13,19)(H,14,18). The molecule has 0 aromatic carbocycles. The maximum Gasteiger partial charge on any atom is 0.236 e. The molecular formula is C12H24N4O2S. The number of thiocarbonyl (C=S) groups is 1. The van der Waals surface area contributed by atoms with E-state index < -0.39 is 0 Å². The third kappa shape index (κ3) is 7.74. The second-order valence-corrected chi connectivity index (χ2v) is 5.27. The van der Waals surface area contributed by atoms with Gasteiger partial charge >= 0.3 is 0 Å². The summed E-state index contributed by atoms with van der Waals surface area (Å²) >= 11 is 4.77. The van der Waals surface area contributed by atoms with Crippen LogP contribution in [0.25, 0.3) is 0 Å². The van der Waals surface area contributed by atoms with E-state index in [0.717, 1.165) is 0 Å². The molecule has 0 bridgehead atoms. The summed E-state index contributed by atoms with van der Waals surface area (Å²) in [6, 6.07) is 0. The molecular weight excluding hydrogens is 264 g/mol. The molecule has 1 unspecified atom stereocenters. The average molecular weight is 288 g/mol. The molecule has 0 heterocycles. The molecule has 0 saturated carbocycles. The van der Waals surface area contributed by atoms with Crippen LogP contribution in [-0.2, 0) is 9.59 Å². The van der Waals surface area contributed by atoms with Crippen molar-refractivity contribution in [3.63, 3.8) is 0 Å². The molecule has 0 radical (unpaired) electrons. The zero-order valence-electron chi connectivity index (χ0n) is 12.1. The number of carbonyl (C=O) groups is 2. The Morgan fingerprint density at radius 3 is 2.42 bits per heavy atom. The molecule has 19 heavy (non-hydrogen) atoms. The molecule has 0 aliphatic rings. The summed E-state index contributed by atoms with van der Waals surface area (Å²) in [6.07, 6.45) is 0.524. The van der Waals surface area contributed by atoms with Crippen LogP contribution < -0.4 is 11.1 Å². The van der Waals surface area contributed by atoms with Gasteiger partial charge in [0.15, 0.2) is 0 Å². The monoisotopic (exact) mass is 288 g/mol. The molecule has 6 nitrogen and oxygen atoms in total. The molecule has 0 saturated heterocycles. The van der Waals surface area contributed by atoms with Gasteiger partial charge in [-0.05, 0) is 7.05 Å². The molecule has 110 valence electrons. The number of nitrogens with two attached hydrogens (primary N) is 1. The van der Waals surface area contributed by atoms with E-state index >= 15 is 0 Å². The summed E-state index contributed by atoms with van der Waals surface area (Å²) in [5.41, 5.74) is 5.40. The lowest BCUT2D eigenvalue weighted by Gasteiger charge is -2.23. The number of carbonyl (C=O) groups excluding carboxylic acids is 2. The number of amides is 2. The molecule has 0 rings (SSSR count). The Bertz CT molecular complexity index is 336. The molecule has 0 fully saturated rings. The van der Waals surface area contributed by atoms with Crippen molar-refractivity contribution >= 4 is 29.0 Å². The fourth-order valence-electron chi connectivity index (χ4n) is 1.62. The predicted molar refractivity (Wildman–Crippen MR) is 79.8 cm³/mol. The van der Waals surface area contributed by atoms with Gasteiger partial charge in [0.2, 0.25) is 11.8 Å². The van der Waals surface area contributed by atoms with Crippen molar-refractivity contribution < 1.29 is 9.59 Å². The lowest BCUT2D eigenvalue weighted by molar-refractivity contribution is -0.132. The smallest absolute Gasteiger partial charge is 0.236 e.